The molecule has 1 aliphatic heterocycles. The van der Waals surface area contributed by atoms with Crippen molar-refractivity contribution in [1.29, 1.82) is 0 Å². The Bertz CT molecular complexity index is 753. The fourth-order valence-corrected chi connectivity index (χ4v) is 1.69. The van der Waals surface area contributed by atoms with E-state index in [4.69, 9.17) is 21.8 Å². The van der Waals surface area contributed by atoms with Gasteiger partial charge in [-0.25, -0.2) is 0 Å². The van der Waals surface area contributed by atoms with E-state index in [2.05, 4.69) is 14.1 Å². The lowest BCUT2D eigenvalue weighted by atomic mass is 10.1. The number of nitrogens with one attached hydrogen (secondary N) is 1. The minimum Gasteiger partial charge on any atom is -0.472 e. The van der Waals surface area contributed by atoms with Gasteiger partial charge in [0, 0.05) is 27.8 Å². The van der Waals surface area contributed by atoms with Crippen LogP contribution in [0.3, 0.4) is 0 Å². The van der Waals surface area contributed by atoms with Gasteiger partial charge in [-0.3, -0.25) is 0 Å². The molecule has 1 aliphatic rings. The van der Waals surface area contributed by atoms with Crippen LogP contribution in [0, 0.1) is 0 Å². The van der Waals surface area contributed by atoms with Crippen LogP contribution in [0.5, 0.6) is 5.88 Å². The highest BCUT2D eigenvalue weighted by atomic mass is 32.1. The summed E-state index contributed by atoms with van der Waals surface area (Å²) in [6.07, 6.45) is -3.49. The van der Waals surface area contributed by atoms with E-state index in [1.165, 1.54) is 0 Å². The maximum atomic E-state index is 10.4. The molecule has 0 unspecified atom stereocenters. The molecule has 1 fully saturated rings. The molecule has 7 nitrogen and oxygen atoms in total. The molecule has 0 bridgehead atoms. The van der Waals surface area contributed by atoms with Gasteiger partial charge in [-0.05, 0) is 20.8 Å². The number of hydrogen-bond acceptors (Lipinski definition) is 8. The number of anilines is 1. The fraction of sp³-hybridized carbons (Fsp3) is 0.846. The smallest absolute Gasteiger partial charge is 0.270 e. The number of ether oxygens (including phenoxy) is 2. The van der Waals surface area contributed by atoms with Crippen LogP contribution in [-0.2, 0) is 4.74 Å². The van der Waals surface area contributed by atoms with E-state index < -0.39 is 62.6 Å². The van der Waals surface area contributed by atoms with Gasteiger partial charge < -0.3 is 24.8 Å². The highest BCUT2D eigenvalue weighted by molar-refractivity contribution is 6.99. The topological polar surface area (TPSA) is 79.7 Å². The normalized spacial score (nSPS) is 31.8. The summed E-state index contributed by atoms with van der Waals surface area (Å²) in [5, 5.41) is 12.8. The zero-order chi connectivity index (χ0) is 23.4. The zero-order valence-corrected chi connectivity index (χ0v) is 12.7. The maximum absolute atomic E-state index is 10.4. The number of hydrogen-bond donors (Lipinski definition) is 2. The van der Waals surface area contributed by atoms with Crippen LogP contribution in [0.4, 0.5) is 5.82 Å². The molecule has 0 aromatic carbocycles. The van der Waals surface area contributed by atoms with Gasteiger partial charge in [0.2, 0.25) is 5.82 Å². The summed E-state index contributed by atoms with van der Waals surface area (Å²) in [6.45, 7) is -7.49. The monoisotopic (exact) mass is 325 g/mol. The predicted octanol–water partition coefficient (Wildman–Crippen LogP) is 0.502. The van der Waals surface area contributed by atoms with Gasteiger partial charge in [0.1, 0.15) is 12.6 Å². The highest BCUT2D eigenvalue weighted by Crippen LogP contribution is 2.26. The number of aliphatic hydroxyl groups is 1. The lowest BCUT2D eigenvalue weighted by Gasteiger charge is -2.27. The Labute approximate surface area is 142 Å². The van der Waals surface area contributed by atoms with Crippen molar-refractivity contribution in [2.75, 3.05) is 44.2 Å². The average Bonchev–Trinajstić information content (AvgIpc) is 2.89. The van der Waals surface area contributed by atoms with Crippen LogP contribution in [0.2, 0.25) is 0 Å². The molecular weight excluding hydrogens is 292 g/mol. The third kappa shape index (κ3) is 5.39. The van der Waals surface area contributed by atoms with Gasteiger partial charge in [-0.15, -0.1) is 4.37 Å². The first-order valence-electron chi connectivity index (χ1n) is 10.6. The molecule has 120 valence electrons. The first-order chi connectivity index (χ1) is 13.2. The molecule has 21 heavy (non-hydrogen) atoms. The molecule has 2 rings (SSSR count). The van der Waals surface area contributed by atoms with E-state index >= 15 is 0 Å². The Kier molecular flexibility index (Phi) is 2.82. The van der Waals surface area contributed by atoms with Crippen molar-refractivity contribution in [3.8, 4) is 5.88 Å². The third-order valence-corrected chi connectivity index (χ3v) is 2.61. The summed E-state index contributed by atoms with van der Waals surface area (Å²) in [6, 6.07) is 0. The first kappa shape index (κ1) is 8.05. The van der Waals surface area contributed by atoms with E-state index in [1.54, 1.807) is 20.8 Å². The largest absolute Gasteiger partial charge is 0.472 e. The summed E-state index contributed by atoms with van der Waals surface area (Å²) in [5.41, 5.74) is -0.929. The van der Waals surface area contributed by atoms with E-state index in [0.717, 1.165) is 0 Å². The molecule has 2 heterocycles. The Balaban J connectivity index is 2.41. The van der Waals surface area contributed by atoms with Gasteiger partial charge in [0.05, 0.1) is 34.5 Å². The Morgan fingerprint density at radius 1 is 1.57 bits per heavy atom. The van der Waals surface area contributed by atoms with Crippen molar-refractivity contribution in [1.82, 2.24) is 14.1 Å². The minimum absolute atomic E-state index is 0.470. The quantitative estimate of drug-likeness (QED) is 0.788. The van der Waals surface area contributed by atoms with Crippen LogP contribution in [0.1, 0.15) is 33.1 Å². The van der Waals surface area contributed by atoms with Crippen LogP contribution in [0.25, 0.3) is 0 Å². The van der Waals surface area contributed by atoms with Crippen LogP contribution in [0.15, 0.2) is 0 Å². The standard InChI is InChI=1S/C13H24N4O3S/c1-13(2,3)14-8-10(18)9-20-12-11(15-21-16-12)17-4-6-19-7-5-17/h10,14,18H,4-9H2,1-3H3/t10-/m0/s1/i4D2,5D2,8D2,9D2,10D. The maximum Gasteiger partial charge on any atom is 0.270 e. The van der Waals surface area contributed by atoms with Gasteiger partial charge >= 0.3 is 0 Å². The van der Waals surface area contributed by atoms with E-state index in [9.17, 15) is 5.11 Å². The second-order valence-corrected chi connectivity index (χ2v) is 5.62. The molecule has 1 aromatic rings. The van der Waals surface area contributed by atoms with Crippen molar-refractivity contribution in [2.24, 2.45) is 0 Å². The van der Waals surface area contributed by atoms with Gasteiger partial charge in [-0.1, -0.05) is 0 Å². The highest BCUT2D eigenvalue weighted by Gasteiger charge is 2.21. The molecule has 1 saturated heterocycles. The van der Waals surface area contributed by atoms with Crippen LogP contribution in [-0.4, -0.2) is 64.7 Å². The Morgan fingerprint density at radius 3 is 2.95 bits per heavy atom. The number of β-amino-alcohol motifs (C(OH)–C–C–N with tert-alkyl or cyclic N) is 1. The van der Waals surface area contributed by atoms with Gasteiger partial charge in [0.25, 0.3) is 5.88 Å². The number of morpholine rings is 1. The number of aromatic nitrogens is 2. The third-order valence-electron chi connectivity index (χ3n) is 2.10. The minimum atomic E-state index is -3.49. The zero-order valence-electron chi connectivity index (χ0n) is 20.9. The summed E-state index contributed by atoms with van der Waals surface area (Å²) >= 11 is 0.470. The summed E-state index contributed by atoms with van der Waals surface area (Å²) < 4.78 is 89.4. The molecule has 0 aliphatic carbocycles. The first-order valence-corrected chi connectivity index (χ1v) is 6.88. The molecular formula is C13H24N4O3S. The fourth-order valence-electron chi connectivity index (χ4n) is 1.22. The molecule has 0 radical (unpaired) electrons. The molecule has 0 amide bonds. The van der Waals surface area contributed by atoms with Crippen LogP contribution < -0.4 is 15.0 Å². The van der Waals surface area contributed by atoms with Crippen molar-refractivity contribution in [2.45, 2.75) is 32.4 Å². The lowest BCUT2D eigenvalue weighted by molar-refractivity contribution is 0.0975. The molecule has 8 heteroatoms. The Morgan fingerprint density at radius 2 is 2.29 bits per heavy atom. The SMILES string of the molecule is [2H]C1([2H])COCC([2H])([2H])N1c1nsnc1OC([2H])([2H])[C@@]([2H])(O)C([2H])([2H])NC(C)(C)C. The van der Waals surface area contributed by atoms with Crippen molar-refractivity contribution in [3.05, 3.63) is 0 Å². The lowest BCUT2D eigenvalue weighted by Crippen LogP contribution is -2.42. The second kappa shape index (κ2) is 7.35. The summed E-state index contributed by atoms with van der Waals surface area (Å²) in [7, 11) is 0. The molecule has 2 N–H and O–H groups in total. The molecule has 1 aromatic heterocycles. The predicted molar refractivity (Wildman–Crippen MR) is 82.2 cm³/mol. The van der Waals surface area contributed by atoms with Crippen molar-refractivity contribution >= 4 is 17.5 Å². The molecule has 0 saturated carbocycles. The van der Waals surface area contributed by atoms with E-state index in [1.807, 2.05) is 0 Å². The van der Waals surface area contributed by atoms with Crippen molar-refractivity contribution in [3.63, 3.8) is 0 Å². The second-order valence-electron chi connectivity index (χ2n) is 5.09. The van der Waals surface area contributed by atoms with Crippen LogP contribution >= 0.6 is 11.7 Å². The average molecular weight is 325 g/mol. The van der Waals surface area contributed by atoms with E-state index in [0.29, 0.717) is 16.6 Å². The Hall–Kier alpha value is -0.960. The number of rotatable bonds is 6. The van der Waals surface area contributed by atoms with Crippen molar-refractivity contribution < 1.29 is 26.9 Å². The number of nitrogens with zero attached hydrogens (tertiary/aromatic N) is 3. The summed E-state index contributed by atoms with van der Waals surface area (Å²) in [5.74, 6) is -1.20. The van der Waals surface area contributed by atoms with Gasteiger partial charge in [0.15, 0.2) is 0 Å². The molecule has 1 atom stereocenters. The molecule has 0 spiro atoms. The van der Waals surface area contributed by atoms with E-state index in [-0.39, 0.29) is 0 Å². The van der Waals surface area contributed by atoms with Gasteiger partial charge in [-0.2, -0.15) is 4.37 Å². The summed E-state index contributed by atoms with van der Waals surface area (Å²) in [4.78, 5) is 0.587.